The number of thiophene rings is 1. The molecule has 49 heavy (non-hydrogen) atoms. The molecule has 3 aromatic heterocycles. The third-order valence-electron chi connectivity index (χ3n) is 7.51. The Bertz CT molecular complexity index is 1950. The average Bonchev–Trinajstić information content (AvgIpc) is 3.63. The van der Waals surface area contributed by atoms with E-state index in [0.717, 1.165) is 20.8 Å². The minimum absolute atomic E-state index is 0.0280. The quantitative estimate of drug-likeness (QED) is 0.107. The van der Waals surface area contributed by atoms with E-state index in [9.17, 15) is 9.59 Å². The van der Waals surface area contributed by atoms with Gasteiger partial charge in [0, 0.05) is 57.1 Å². The molecule has 12 heteroatoms. The maximum Gasteiger partial charge on any atom is 0.410 e. The average molecular weight is 703 g/mol. The zero-order valence-corrected chi connectivity index (χ0v) is 29.8. The van der Waals surface area contributed by atoms with E-state index in [2.05, 4.69) is 9.97 Å². The van der Waals surface area contributed by atoms with Crippen LogP contribution in [0.3, 0.4) is 0 Å². The summed E-state index contributed by atoms with van der Waals surface area (Å²) in [6.45, 7) is 6.49. The van der Waals surface area contributed by atoms with Crippen molar-refractivity contribution in [2.45, 2.75) is 52.2 Å². The zero-order valence-electron chi connectivity index (χ0n) is 28.2. The molecule has 0 aliphatic heterocycles. The van der Waals surface area contributed by atoms with Crippen molar-refractivity contribution in [1.82, 2.24) is 19.4 Å². The summed E-state index contributed by atoms with van der Waals surface area (Å²) >= 11 is 6.89. The van der Waals surface area contributed by atoms with Gasteiger partial charge >= 0.3 is 6.09 Å². The van der Waals surface area contributed by atoms with E-state index >= 15 is 4.39 Å². The number of imidazole rings is 1. The number of methoxy groups -OCH3 is 1. The van der Waals surface area contributed by atoms with Gasteiger partial charge in [0.25, 0.3) is 0 Å². The van der Waals surface area contributed by atoms with Crippen molar-refractivity contribution in [2.75, 3.05) is 20.3 Å². The van der Waals surface area contributed by atoms with Crippen LogP contribution in [0.2, 0.25) is 0 Å². The van der Waals surface area contributed by atoms with Crippen LogP contribution in [0.5, 0.6) is 11.5 Å². The lowest BCUT2D eigenvalue weighted by Crippen LogP contribution is -2.38. The Hall–Kier alpha value is -4.52. The monoisotopic (exact) mass is 702 g/mol. The Morgan fingerprint density at radius 1 is 1.00 bits per heavy atom. The normalized spacial score (nSPS) is 11.5. The summed E-state index contributed by atoms with van der Waals surface area (Å²) in [5.74, 6) is 0.707. The van der Waals surface area contributed by atoms with Gasteiger partial charge in [-0.15, -0.1) is 11.3 Å². The van der Waals surface area contributed by atoms with E-state index < -0.39 is 17.5 Å². The van der Waals surface area contributed by atoms with Crippen LogP contribution in [0, 0.1) is 5.82 Å². The minimum atomic E-state index is -0.632. The Balaban J connectivity index is 1.28. The predicted molar refractivity (Wildman–Crippen MR) is 193 cm³/mol. The van der Waals surface area contributed by atoms with Crippen molar-refractivity contribution >= 4 is 50.5 Å². The summed E-state index contributed by atoms with van der Waals surface area (Å²) in [5, 5.41) is 0. The standard InChI is InChI=1S/C37H39FN4O5S2/c1-37(2,3)47-36(44)42(15-16-45-5)23-26-22-40-35(41(26)4)33-21-30-34(49-33)32(13-14-39-30)46-31-12-11-25(19-29(31)38)18-28(48)20-27(43)17-24-9-7-6-8-10-24/h6-14,19,21-22H,15-18,20,23H2,1-5H3. The van der Waals surface area contributed by atoms with Gasteiger partial charge in [-0.25, -0.2) is 14.2 Å². The summed E-state index contributed by atoms with van der Waals surface area (Å²) in [4.78, 5) is 37.5. The van der Waals surface area contributed by atoms with Crippen LogP contribution in [-0.4, -0.2) is 62.0 Å². The number of carbonyl (C=O) groups is 2. The Morgan fingerprint density at radius 3 is 2.49 bits per heavy atom. The second-order valence-corrected chi connectivity index (χ2v) is 14.3. The highest BCUT2D eigenvalue weighted by Crippen LogP contribution is 2.39. The van der Waals surface area contributed by atoms with Gasteiger partial charge in [0.05, 0.1) is 40.1 Å². The maximum absolute atomic E-state index is 15.3. The number of thiocarbonyl (C=S) groups is 1. The number of aromatic nitrogens is 3. The number of hydrogen-bond donors (Lipinski definition) is 0. The largest absolute Gasteiger partial charge is 0.453 e. The first kappa shape index (κ1) is 35.8. The van der Waals surface area contributed by atoms with Crippen LogP contribution >= 0.6 is 23.6 Å². The van der Waals surface area contributed by atoms with Crippen molar-refractivity contribution in [3.05, 3.63) is 95.7 Å². The SMILES string of the molecule is COCCN(Cc1cnc(-c2cc3nccc(Oc4ccc(CC(=S)CC(=O)Cc5ccccc5)cc4F)c3s2)n1C)C(=O)OC(C)(C)C. The number of rotatable bonds is 14. The number of ketones is 1. The number of amides is 1. The Kier molecular flexibility index (Phi) is 11.5. The molecule has 0 N–H and O–H groups in total. The van der Waals surface area contributed by atoms with Gasteiger partial charge in [0.15, 0.2) is 11.6 Å². The third-order valence-corrected chi connectivity index (χ3v) is 8.93. The second kappa shape index (κ2) is 15.8. The van der Waals surface area contributed by atoms with Gasteiger partial charge in [0.2, 0.25) is 0 Å². The summed E-state index contributed by atoms with van der Waals surface area (Å²) in [5.41, 5.74) is 2.46. The molecule has 0 saturated carbocycles. The lowest BCUT2D eigenvalue weighted by molar-refractivity contribution is -0.117. The van der Waals surface area contributed by atoms with Crippen molar-refractivity contribution in [2.24, 2.45) is 7.05 Å². The molecule has 5 aromatic rings. The van der Waals surface area contributed by atoms with Gasteiger partial charge in [-0.3, -0.25) is 9.78 Å². The van der Waals surface area contributed by atoms with Crippen LogP contribution in [0.4, 0.5) is 9.18 Å². The number of Topliss-reactive ketones (excluding diaryl/α,β-unsaturated/α-hetero) is 1. The summed E-state index contributed by atoms with van der Waals surface area (Å²) in [6.07, 6.45) is 3.70. The number of halogens is 1. The fourth-order valence-corrected chi connectivity index (χ4v) is 6.56. The van der Waals surface area contributed by atoms with E-state index in [1.807, 2.05) is 68.8 Å². The molecule has 3 heterocycles. The molecule has 5 rings (SSSR count). The molecular weight excluding hydrogens is 664 g/mol. The number of hydrogen-bond acceptors (Lipinski definition) is 9. The molecule has 0 bridgehead atoms. The fraction of sp³-hybridized carbons (Fsp3) is 0.324. The number of pyridine rings is 1. The summed E-state index contributed by atoms with van der Waals surface area (Å²) < 4.78 is 34.8. The molecule has 0 atom stereocenters. The zero-order chi connectivity index (χ0) is 35.1. The van der Waals surface area contributed by atoms with Crippen LogP contribution in [0.15, 0.2) is 73.1 Å². The van der Waals surface area contributed by atoms with E-state index in [1.54, 1.807) is 42.6 Å². The maximum atomic E-state index is 15.3. The van der Waals surface area contributed by atoms with E-state index in [0.29, 0.717) is 53.5 Å². The van der Waals surface area contributed by atoms with Gasteiger partial charge in [-0.1, -0.05) is 48.6 Å². The molecule has 0 aliphatic carbocycles. The molecule has 9 nitrogen and oxygen atoms in total. The van der Waals surface area contributed by atoms with Crippen molar-refractivity contribution in [1.29, 1.82) is 0 Å². The minimum Gasteiger partial charge on any atom is -0.453 e. The summed E-state index contributed by atoms with van der Waals surface area (Å²) in [7, 11) is 3.47. The Labute approximate surface area is 294 Å². The van der Waals surface area contributed by atoms with Crippen LogP contribution in [0.1, 0.15) is 44.0 Å². The number of fused-ring (bicyclic) bond motifs is 1. The molecule has 0 radical (unpaired) electrons. The first-order chi connectivity index (χ1) is 23.4. The molecule has 256 valence electrons. The van der Waals surface area contributed by atoms with E-state index in [4.69, 9.17) is 26.4 Å². The molecule has 0 fully saturated rings. The predicted octanol–water partition coefficient (Wildman–Crippen LogP) is 8.13. The number of carbonyl (C=O) groups excluding carboxylic acids is 2. The summed E-state index contributed by atoms with van der Waals surface area (Å²) in [6, 6.07) is 17.9. The molecular formula is C37H39FN4O5S2. The van der Waals surface area contributed by atoms with Gasteiger partial charge in [0.1, 0.15) is 23.0 Å². The molecule has 0 unspecified atom stereocenters. The van der Waals surface area contributed by atoms with Crippen LogP contribution in [-0.2, 0) is 40.7 Å². The van der Waals surface area contributed by atoms with Gasteiger partial charge < -0.3 is 23.7 Å². The van der Waals surface area contributed by atoms with E-state index in [1.165, 1.54) is 17.4 Å². The first-order valence-corrected chi connectivity index (χ1v) is 17.0. The van der Waals surface area contributed by atoms with Gasteiger partial charge in [-0.2, -0.15) is 0 Å². The smallest absolute Gasteiger partial charge is 0.410 e. The second-order valence-electron chi connectivity index (χ2n) is 12.6. The molecule has 1 amide bonds. The molecule has 2 aromatic carbocycles. The number of ether oxygens (including phenoxy) is 3. The van der Waals surface area contributed by atoms with Crippen molar-refractivity contribution < 1.29 is 28.2 Å². The van der Waals surface area contributed by atoms with Crippen LogP contribution < -0.4 is 4.74 Å². The molecule has 0 saturated heterocycles. The fourth-order valence-electron chi connectivity index (χ4n) is 5.14. The topological polar surface area (TPSA) is 95.8 Å². The van der Waals surface area contributed by atoms with Crippen LogP contribution in [0.25, 0.3) is 20.9 Å². The highest BCUT2D eigenvalue weighted by molar-refractivity contribution is 7.80. The first-order valence-electron chi connectivity index (χ1n) is 15.8. The number of nitrogens with zero attached hydrogens (tertiary/aromatic N) is 4. The van der Waals surface area contributed by atoms with Gasteiger partial charge in [-0.05, 0) is 50.1 Å². The van der Waals surface area contributed by atoms with Crippen molar-refractivity contribution in [3.8, 4) is 22.2 Å². The van der Waals surface area contributed by atoms with Crippen molar-refractivity contribution in [3.63, 3.8) is 0 Å². The molecule has 0 spiro atoms. The van der Waals surface area contributed by atoms with E-state index in [-0.39, 0.29) is 24.5 Å². The lowest BCUT2D eigenvalue weighted by Gasteiger charge is -2.27. The number of benzene rings is 2. The lowest BCUT2D eigenvalue weighted by atomic mass is 10.0. The third kappa shape index (κ3) is 9.56. The molecule has 0 aliphatic rings. The Morgan fingerprint density at radius 2 is 1.78 bits per heavy atom. The highest BCUT2D eigenvalue weighted by atomic mass is 32.1. The highest BCUT2D eigenvalue weighted by Gasteiger charge is 2.24.